The first kappa shape index (κ1) is 15.4. The third-order valence-corrected chi connectivity index (χ3v) is 4.98. The molecule has 0 aromatic rings. The Morgan fingerprint density at radius 3 is 1.56 bits per heavy atom. The molecule has 0 aromatic carbocycles. The van der Waals surface area contributed by atoms with Crippen LogP contribution in [0.4, 0.5) is 0 Å². The summed E-state index contributed by atoms with van der Waals surface area (Å²) < 4.78 is 0. The maximum absolute atomic E-state index is 11.5. The van der Waals surface area contributed by atoms with Gasteiger partial charge in [-0.2, -0.15) is 0 Å². The Morgan fingerprint density at radius 1 is 1.00 bits per heavy atom. The van der Waals surface area contributed by atoms with Gasteiger partial charge in [0.05, 0.1) is 0 Å². The van der Waals surface area contributed by atoms with E-state index in [1.807, 2.05) is 0 Å². The van der Waals surface area contributed by atoms with Gasteiger partial charge in [0.1, 0.15) is 0 Å². The van der Waals surface area contributed by atoms with Gasteiger partial charge in [0.25, 0.3) is 0 Å². The predicted molar refractivity (Wildman–Crippen MR) is 72.6 cm³/mol. The van der Waals surface area contributed by atoms with E-state index in [0.717, 1.165) is 15.4 Å². The van der Waals surface area contributed by atoms with E-state index in [1.165, 1.54) is 0 Å². The number of hydrogen-bond acceptors (Lipinski definition) is 1. The van der Waals surface area contributed by atoms with Crippen LogP contribution in [0.2, 0.25) is 0 Å². The highest BCUT2D eigenvalue weighted by molar-refractivity contribution is 6.24. The van der Waals surface area contributed by atoms with Crippen LogP contribution in [0.1, 0.15) is 41.5 Å². The minimum atomic E-state index is -0.717. The molecule has 0 amide bonds. The highest BCUT2D eigenvalue weighted by Crippen LogP contribution is 2.31. The van der Waals surface area contributed by atoms with Crippen LogP contribution in [0.15, 0.2) is 10.8 Å². The monoisotopic (exact) mass is 242 g/mol. The number of carboxylic acids is 1. The van der Waals surface area contributed by atoms with Crippen LogP contribution in [0, 0.1) is 23.7 Å². The molecule has 0 aliphatic carbocycles. The summed E-state index contributed by atoms with van der Waals surface area (Å²) in [6.07, 6.45) is 0. The Kier molecular flexibility index (Phi) is 6.01. The maximum Gasteiger partial charge on any atom is 0.331 e. The second kappa shape index (κ2) is 6.23. The summed E-state index contributed by atoms with van der Waals surface area (Å²) >= 11 is 0. The molecule has 0 unspecified atom stereocenters. The van der Waals surface area contributed by atoms with E-state index >= 15 is 0 Å². The van der Waals surface area contributed by atoms with Gasteiger partial charge in [0, 0.05) is 15.8 Å². The van der Waals surface area contributed by atoms with Gasteiger partial charge in [-0.15, -0.1) is 0 Å². The second-order valence-corrected chi connectivity index (χ2v) is 6.65. The van der Waals surface area contributed by atoms with Gasteiger partial charge in [-0.1, -0.05) is 46.7 Å². The van der Waals surface area contributed by atoms with E-state index in [0.29, 0.717) is 23.3 Å². The number of carbonyl (C=O) groups is 1. The van der Waals surface area contributed by atoms with Crippen LogP contribution in [-0.4, -0.2) is 21.3 Å². The van der Waals surface area contributed by atoms with E-state index in [9.17, 15) is 9.90 Å². The number of allylic oxidation sites excluding steroid dienone is 1. The smallest absolute Gasteiger partial charge is 0.331 e. The topological polar surface area (TPSA) is 37.3 Å². The molecule has 0 aliphatic heterocycles. The van der Waals surface area contributed by atoms with Gasteiger partial charge >= 0.3 is 5.97 Å². The van der Waals surface area contributed by atoms with Gasteiger partial charge in [0.15, 0.2) is 0 Å². The molecule has 16 heavy (non-hydrogen) atoms. The van der Waals surface area contributed by atoms with Crippen molar-refractivity contribution in [3.8, 4) is 0 Å². The minimum absolute atomic E-state index is 0.174. The number of carboxylic acid groups (broad SMARTS) is 1. The van der Waals surface area contributed by atoms with Crippen molar-refractivity contribution >= 4 is 16.2 Å². The van der Waals surface area contributed by atoms with Crippen molar-refractivity contribution in [1.29, 1.82) is 0 Å². The first-order valence-corrected chi connectivity index (χ1v) is 7.14. The fraction of sp³-hybridized carbons (Fsp3) is 0.769. The molecule has 0 heterocycles. The number of aliphatic carboxylic acids is 1. The Hall–Kier alpha value is -0.573. The van der Waals surface area contributed by atoms with Gasteiger partial charge in [-0.05, 0) is 23.7 Å². The summed E-state index contributed by atoms with van der Waals surface area (Å²) in [7, 11) is 0.843. The largest absolute Gasteiger partial charge is 0.478 e. The molecule has 0 fully saturated rings. The molecule has 0 aromatic heterocycles. The van der Waals surface area contributed by atoms with Gasteiger partial charge in [-0.25, -0.2) is 4.79 Å². The zero-order chi connectivity index (χ0) is 13.0. The van der Waals surface area contributed by atoms with Crippen molar-refractivity contribution in [1.82, 2.24) is 0 Å². The molecule has 1 N–H and O–H groups in total. The summed E-state index contributed by atoms with van der Waals surface area (Å²) in [6, 6.07) is 0. The van der Waals surface area contributed by atoms with Crippen molar-refractivity contribution in [3.63, 3.8) is 0 Å². The average molecular weight is 242 g/mol. The molecule has 94 valence electrons. The molecule has 0 atom stereocenters. The molecule has 0 saturated heterocycles. The average Bonchev–Trinajstić information content (AvgIpc) is 2.10. The van der Waals surface area contributed by atoms with Crippen molar-refractivity contribution in [2.45, 2.75) is 41.5 Å². The molecular formula is C13H26O2Si. The van der Waals surface area contributed by atoms with Crippen molar-refractivity contribution in [3.05, 3.63) is 10.8 Å². The summed E-state index contributed by atoms with van der Waals surface area (Å²) in [4.78, 5) is 11.5. The highest BCUT2D eigenvalue weighted by atomic mass is 28.1. The summed E-state index contributed by atoms with van der Waals surface area (Å²) in [6.45, 7) is 12.6. The van der Waals surface area contributed by atoms with Crippen molar-refractivity contribution in [2.75, 3.05) is 0 Å². The molecule has 3 heteroatoms. The van der Waals surface area contributed by atoms with Gasteiger partial charge in [0.2, 0.25) is 0 Å². The van der Waals surface area contributed by atoms with Gasteiger partial charge in [-0.3, -0.25) is 0 Å². The van der Waals surface area contributed by atoms with Crippen LogP contribution in [0.3, 0.4) is 0 Å². The lowest BCUT2D eigenvalue weighted by molar-refractivity contribution is -0.133. The zero-order valence-corrected chi connectivity index (χ0v) is 13.7. The van der Waals surface area contributed by atoms with E-state index in [4.69, 9.17) is 0 Å². The van der Waals surface area contributed by atoms with E-state index < -0.39 is 5.97 Å². The maximum atomic E-state index is 11.5. The lowest BCUT2D eigenvalue weighted by Crippen LogP contribution is -2.26. The summed E-state index contributed by atoms with van der Waals surface area (Å²) in [5, 5.41) is 10.6. The molecule has 0 rings (SSSR count). The fourth-order valence-corrected chi connectivity index (χ4v) is 2.87. The van der Waals surface area contributed by atoms with Crippen LogP contribution < -0.4 is 0 Å². The molecule has 0 radical (unpaired) electrons. The van der Waals surface area contributed by atoms with Gasteiger partial charge < -0.3 is 5.11 Å². The third kappa shape index (κ3) is 3.78. The SMILES string of the molecule is CC(C)C([SiH3])=C(C(=O)O)C(C(C)C)C(C)C. The first-order valence-electron chi connectivity index (χ1n) is 6.14. The summed E-state index contributed by atoms with van der Waals surface area (Å²) in [5.74, 6) is 0.582. The Labute approximate surface area is 103 Å². The standard InChI is InChI=1S/C13H26O2Si/c1-7(2)10(8(3)4)11(13(14)15)12(16)9(5)6/h7-10H,1-6,16H3,(H,14,15). The Bertz CT molecular complexity index is 270. The zero-order valence-electron chi connectivity index (χ0n) is 11.7. The lowest BCUT2D eigenvalue weighted by atomic mass is 9.78. The summed E-state index contributed by atoms with van der Waals surface area (Å²) in [5.41, 5.74) is 0.687. The first-order chi connectivity index (χ1) is 7.20. The fourth-order valence-electron chi connectivity index (χ4n) is 2.32. The Morgan fingerprint density at radius 2 is 1.38 bits per heavy atom. The van der Waals surface area contributed by atoms with E-state index in [2.05, 4.69) is 41.5 Å². The molecule has 2 nitrogen and oxygen atoms in total. The quantitative estimate of drug-likeness (QED) is 0.593. The normalized spacial score (nSPS) is 14.1. The predicted octanol–water partition coefficient (Wildman–Crippen LogP) is 2.27. The second-order valence-electron chi connectivity index (χ2n) is 5.57. The van der Waals surface area contributed by atoms with E-state index in [-0.39, 0.29) is 5.92 Å². The molecule has 0 saturated carbocycles. The minimum Gasteiger partial charge on any atom is -0.478 e. The van der Waals surface area contributed by atoms with E-state index in [1.54, 1.807) is 0 Å². The van der Waals surface area contributed by atoms with Crippen LogP contribution >= 0.6 is 0 Å². The Balaban J connectivity index is 5.50. The lowest BCUT2D eigenvalue weighted by Gasteiger charge is -2.28. The van der Waals surface area contributed by atoms with Crippen LogP contribution in [-0.2, 0) is 4.79 Å². The van der Waals surface area contributed by atoms with Crippen LogP contribution in [0.25, 0.3) is 0 Å². The van der Waals surface area contributed by atoms with Crippen LogP contribution in [0.5, 0.6) is 0 Å². The van der Waals surface area contributed by atoms with Crippen molar-refractivity contribution in [2.24, 2.45) is 23.7 Å². The molecule has 0 aliphatic rings. The molecular weight excluding hydrogens is 216 g/mol. The molecule has 0 spiro atoms. The highest BCUT2D eigenvalue weighted by Gasteiger charge is 2.28. The number of hydrogen-bond donors (Lipinski definition) is 1. The molecule has 0 bridgehead atoms. The number of rotatable bonds is 5. The third-order valence-electron chi connectivity index (χ3n) is 3.29. The van der Waals surface area contributed by atoms with Crippen molar-refractivity contribution < 1.29 is 9.90 Å².